The molecule has 2 fully saturated rings. The summed E-state index contributed by atoms with van der Waals surface area (Å²) in [6.07, 6.45) is 5.82. The number of hydrogen-bond donors (Lipinski definition) is 6. The first-order valence-electron chi connectivity index (χ1n) is 19.3. The Morgan fingerprint density at radius 3 is 1.82 bits per heavy atom. The molecule has 0 aromatic heterocycles. The predicted octanol–water partition coefficient (Wildman–Crippen LogP) is 7.84. The fourth-order valence-corrected chi connectivity index (χ4v) is 8.79. The zero-order chi connectivity index (χ0) is 39.7. The number of hydrogen-bond acceptors (Lipinski definition) is 8. The molecule has 2 unspecified atom stereocenters. The molecule has 6 rings (SSSR count). The zero-order valence-corrected chi connectivity index (χ0v) is 32.7. The number of benzene rings is 4. The van der Waals surface area contributed by atoms with Crippen LogP contribution in [0.25, 0.3) is 0 Å². The lowest BCUT2D eigenvalue weighted by molar-refractivity contribution is -0.140. The van der Waals surface area contributed by atoms with Crippen molar-refractivity contribution in [2.45, 2.75) is 93.0 Å². The second-order valence-electron chi connectivity index (χ2n) is 15.1. The van der Waals surface area contributed by atoms with Gasteiger partial charge in [-0.15, -0.1) is 0 Å². The highest BCUT2D eigenvalue weighted by Gasteiger charge is 2.45. The summed E-state index contributed by atoms with van der Waals surface area (Å²) in [5.74, 6) is -0.712. The fraction of sp³-hybridized carbons (Fsp3) is 0.409. The summed E-state index contributed by atoms with van der Waals surface area (Å²) in [6, 6.07) is 28.4. The largest absolute Gasteiger partial charge is 0.482 e. The molecule has 2 aliphatic carbocycles. The van der Waals surface area contributed by atoms with Crippen molar-refractivity contribution in [2.75, 3.05) is 19.8 Å². The van der Waals surface area contributed by atoms with Crippen LogP contribution in [0.1, 0.15) is 91.6 Å². The van der Waals surface area contributed by atoms with E-state index in [4.69, 9.17) is 42.9 Å². The molecule has 56 heavy (non-hydrogen) atoms. The average Bonchev–Trinajstić information content (AvgIpc) is 3.20. The molecule has 0 spiro atoms. The maximum Gasteiger partial charge on any atom is 0.341 e. The van der Waals surface area contributed by atoms with E-state index in [2.05, 4.69) is 10.6 Å². The maximum atomic E-state index is 13.2. The van der Waals surface area contributed by atoms with Crippen molar-refractivity contribution in [3.05, 3.63) is 129 Å². The van der Waals surface area contributed by atoms with E-state index < -0.39 is 42.9 Å². The van der Waals surface area contributed by atoms with Gasteiger partial charge in [0.1, 0.15) is 17.1 Å². The van der Waals surface area contributed by atoms with Crippen molar-refractivity contribution >= 4 is 35.1 Å². The van der Waals surface area contributed by atoms with Crippen LogP contribution in [-0.2, 0) is 15.2 Å². The number of carbonyl (C=O) groups is 2. The minimum absolute atomic E-state index is 0.0432. The minimum Gasteiger partial charge on any atom is -0.482 e. The van der Waals surface area contributed by atoms with E-state index in [1.165, 1.54) is 0 Å². The second-order valence-corrected chi connectivity index (χ2v) is 16.0. The van der Waals surface area contributed by atoms with Gasteiger partial charge in [-0.05, 0) is 121 Å². The molecule has 0 heterocycles. The van der Waals surface area contributed by atoms with Crippen LogP contribution >= 0.6 is 23.2 Å². The molecule has 298 valence electrons. The number of aliphatic hydroxyl groups excluding tert-OH is 1. The van der Waals surface area contributed by atoms with Gasteiger partial charge < -0.3 is 40.5 Å². The van der Waals surface area contributed by atoms with Gasteiger partial charge in [0.25, 0.3) is 0 Å². The lowest BCUT2D eigenvalue weighted by Crippen LogP contribution is -2.60. The molecular formula is C44H50Cl2N2O8. The van der Waals surface area contributed by atoms with Gasteiger partial charge in [0.05, 0.1) is 12.1 Å². The average molecular weight is 806 g/mol. The standard InChI is InChI=1S/C44H50Cl2N2O8/c45-34-13-1-11-32(19-34)42(53)43(48-37-16-3-8-29(21-37)31-10-5-18-39(23-31)56-26-41(51)52)44(54,33-12-6-14-35(46)24-33)27-47-36-15-2-7-28(20-36)30-9-4-17-38(22-30)55-25-40(49)50/h1,4-6,9-14,17-19,22-24,28-29,36-37,42-43,47-48,53-54H,2-3,7-8,15-16,20-21,25-27H2,(H,49,50)(H,51,52)/t28-,29+,36-,37+,42?,43?,44-/m0/s1. The highest BCUT2D eigenvalue weighted by molar-refractivity contribution is 6.30. The molecule has 4 aromatic rings. The normalized spacial score (nSPS) is 22.0. The molecule has 4 aromatic carbocycles. The molecule has 0 radical (unpaired) electrons. The first-order chi connectivity index (χ1) is 27.0. The monoisotopic (exact) mass is 804 g/mol. The van der Waals surface area contributed by atoms with Crippen LogP contribution in [0, 0.1) is 0 Å². The van der Waals surface area contributed by atoms with Gasteiger partial charge in [-0.25, -0.2) is 9.59 Å². The number of carboxylic acids is 2. The molecule has 2 aliphatic rings. The van der Waals surface area contributed by atoms with E-state index in [9.17, 15) is 19.8 Å². The van der Waals surface area contributed by atoms with Gasteiger partial charge in [0.15, 0.2) is 13.2 Å². The molecule has 10 nitrogen and oxygen atoms in total. The van der Waals surface area contributed by atoms with Gasteiger partial charge in [0.2, 0.25) is 0 Å². The van der Waals surface area contributed by atoms with Crippen molar-refractivity contribution < 1.29 is 39.5 Å². The van der Waals surface area contributed by atoms with Crippen LogP contribution < -0.4 is 20.1 Å². The van der Waals surface area contributed by atoms with Gasteiger partial charge in [-0.1, -0.05) is 84.6 Å². The third kappa shape index (κ3) is 11.0. The van der Waals surface area contributed by atoms with Crippen molar-refractivity contribution in [2.24, 2.45) is 0 Å². The lowest BCUT2D eigenvalue weighted by Gasteiger charge is -2.44. The van der Waals surface area contributed by atoms with E-state index in [1.807, 2.05) is 48.5 Å². The van der Waals surface area contributed by atoms with Crippen LogP contribution in [0.2, 0.25) is 10.0 Å². The maximum absolute atomic E-state index is 13.2. The Hall–Kier alpha value is -4.16. The number of halogens is 2. The second kappa shape index (κ2) is 19.3. The highest BCUT2D eigenvalue weighted by atomic mass is 35.5. The van der Waals surface area contributed by atoms with Gasteiger partial charge in [0, 0.05) is 28.7 Å². The Labute approximate surface area is 337 Å². The first-order valence-corrected chi connectivity index (χ1v) is 20.0. The topological polar surface area (TPSA) is 158 Å². The number of aliphatic hydroxyl groups is 2. The van der Waals surface area contributed by atoms with E-state index in [1.54, 1.807) is 48.5 Å². The molecular weight excluding hydrogens is 755 g/mol. The van der Waals surface area contributed by atoms with E-state index >= 15 is 0 Å². The molecule has 2 saturated carbocycles. The summed E-state index contributed by atoms with van der Waals surface area (Å²) in [7, 11) is 0. The molecule has 0 bridgehead atoms. The van der Waals surface area contributed by atoms with Crippen LogP contribution in [0.4, 0.5) is 0 Å². The van der Waals surface area contributed by atoms with E-state index in [0.29, 0.717) is 32.7 Å². The first kappa shape index (κ1) is 41.5. The van der Waals surface area contributed by atoms with Crippen LogP contribution in [0.5, 0.6) is 11.5 Å². The Kier molecular flexibility index (Phi) is 14.3. The van der Waals surface area contributed by atoms with Crippen molar-refractivity contribution in [1.82, 2.24) is 10.6 Å². The van der Waals surface area contributed by atoms with Crippen LogP contribution in [0.15, 0.2) is 97.1 Å². The molecule has 0 saturated heterocycles. The highest BCUT2D eigenvalue weighted by Crippen LogP contribution is 2.40. The lowest BCUT2D eigenvalue weighted by atomic mass is 9.77. The quantitative estimate of drug-likeness (QED) is 0.0622. The number of carboxylic acid groups (broad SMARTS) is 2. The predicted molar refractivity (Wildman–Crippen MR) is 216 cm³/mol. The summed E-state index contributed by atoms with van der Waals surface area (Å²) in [4.78, 5) is 22.2. The van der Waals surface area contributed by atoms with Gasteiger partial charge >= 0.3 is 11.9 Å². The number of ether oxygens (including phenoxy) is 2. The Balaban J connectivity index is 1.27. The smallest absolute Gasteiger partial charge is 0.341 e. The summed E-state index contributed by atoms with van der Waals surface area (Å²) < 4.78 is 10.9. The molecule has 0 amide bonds. The van der Waals surface area contributed by atoms with Gasteiger partial charge in [-0.3, -0.25) is 0 Å². The summed E-state index contributed by atoms with van der Waals surface area (Å²) in [6.45, 7) is -0.717. The summed E-state index contributed by atoms with van der Waals surface area (Å²) in [5, 5.41) is 52.0. The van der Waals surface area contributed by atoms with Gasteiger partial charge in [-0.2, -0.15) is 0 Å². The SMILES string of the molecule is O=C(O)COc1cccc([C@@H]2CCC[C@@H](NC(C(O)c3cccc(Cl)c3)[C@](O)(CN[C@H]3CCC[C@H](c4cccc(OCC(=O)O)c4)C3)c3cccc(Cl)c3)C2)c1. The molecule has 0 aliphatic heterocycles. The Morgan fingerprint density at radius 1 is 0.714 bits per heavy atom. The minimum atomic E-state index is -1.65. The van der Waals surface area contributed by atoms with Crippen LogP contribution in [-0.4, -0.2) is 70.2 Å². The van der Waals surface area contributed by atoms with E-state index in [0.717, 1.165) is 62.5 Å². The zero-order valence-electron chi connectivity index (χ0n) is 31.2. The molecule has 12 heteroatoms. The Morgan fingerprint density at radius 2 is 1.25 bits per heavy atom. The molecule has 7 atom stereocenters. The van der Waals surface area contributed by atoms with Crippen molar-refractivity contribution in [3.8, 4) is 11.5 Å². The summed E-state index contributed by atoms with van der Waals surface area (Å²) in [5.41, 5.74) is 1.59. The third-order valence-corrected chi connectivity index (χ3v) is 11.6. The van der Waals surface area contributed by atoms with Crippen molar-refractivity contribution in [1.29, 1.82) is 0 Å². The summed E-state index contributed by atoms with van der Waals surface area (Å²) >= 11 is 13.0. The number of rotatable bonds is 17. The molecule has 6 N–H and O–H groups in total. The number of aliphatic carboxylic acids is 2. The van der Waals surface area contributed by atoms with E-state index in [-0.39, 0.29) is 30.5 Å². The van der Waals surface area contributed by atoms with Crippen molar-refractivity contribution in [3.63, 3.8) is 0 Å². The van der Waals surface area contributed by atoms with Crippen LogP contribution in [0.3, 0.4) is 0 Å². The Bertz CT molecular complexity index is 1950. The fourth-order valence-electron chi connectivity index (χ4n) is 8.40. The number of nitrogens with one attached hydrogen (secondary N) is 2. The third-order valence-electron chi connectivity index (χ3n) is 11.2.